The summed E-state index contributed by atoms with van der Waals surface area (Å²) >= 11 is 0. The summed E-state index contributed by atoms with van der Waals surface area (Å²) < 4.78 is 5.47. The fourth-order valence-electron chi connectivity index (χ4n) is 1.93. The third kappa shape index (κ3) is 9.04. The van der Waals surface area contributed by atoms with Gasteiger partial charge < -0.3 is 20.3 Å². The van der Waals surface area contributed by atoms with Gasteiger partial charge in [-0.25, -0.2) is 0 Å². The topological polar surface area (TPSA) is 61.7 Å². The normalized spacial score (nSPS) is 12.5. The van der Waals surface area contributed by atoms with Crippen molar-refractivity contribution in [1.82, 2.24) is 5.32 Å². The van der Waals surface area contributed by atoms with E-state index in [0.717, 1.165) is 37.8 Å². The molecule has 4 heteroatoms. The van der Waals surface area contributed by atoms with Crippen molar-refractivity contribution in [2.75, 3.05) is 26.3 Å². The van der Waals surface area contributed by atoms with E-state index in [4.69, 9.17) is 9.84 Å². The van der Waals surface area contributed by atoms with Crippen molar-refractivity contribution in [1.29, 1.82) is 0 Å². The molecule has 1 aromatic rings. The standard InChI is InChI=1S/C16H27NO3/c18-11-7-2-1-6-10-17-12-16(19)14-20-13-15-8-4-3-5-9-15/h3-5,8-9,16-19H,1-2,6-7,10-14H2. The second-order valence-electron chi connectivity index (χ2n) is 5.00. The molecule has 20 heavy (non-hydrogen) atoms. The van der Waals surface area contributed by atoms with Crippen molar-refractivity contribution in [3.63, 3.8) is 0 Å². The van der Waals surface area contributed by atoms with Crippen molar-refractivity contribution in [2.45, 2.75) is 38.4 Å². The van der Waals surface area contributed by atoms with Gasteiger partial charge in [0.2, 0.25) is 0 Å². The summed E-state index contributed by atoms with van der Waals surface area (Å²) in [5.74, 6) is 0. The van der Waals surface area contributed by atoms with E-state index in [2.05, 4.69) is 5.32 Å². The Morgan fingerprint density at radius 3 is 2.55 bits per heavy atom. The summed E-state index contributed by atoms with van der Waals surface area (Å²) in [6.07, 6.45) is 3.69. The fraction of sp³-hybridized carbons (Fsp3) is 0.625. The summed E-state index contributed by atoms with van der Waals surface area (Å²) in [4.78, 5) is 0. The lowest BCUT2D eigenvalue weighted by molar-refractivity contribution is 0.0289. The lowest BCUT2D eigenvalue weighted by Crippen LogP contribution is -2.31. The summed E-state index contributed by atoms with van der Waals surface area (Å²) in [7, 11) is 0. The van der Waals surface area contributed by atoms with Crippen LogP contribution in [-0.4, -0.2) is 42.6 Å². The molecule has 4 nitrogen and oxygen atoms in total. The summed E-state index contributed by atoms with van der Waals surface area (Å²) in [5.41, 5.74) is 1.12. The van der Waals surface area contributed by atoms with Gasteiger partial charge in [0.05, 0.1) is 19.3 Å². The zero-order valence-electron chi connectivity index (χ0n) is 12.1. The van der Waals surface area contributed by atoms with Gasteiger partial charge in [0.1, 0.15) is 0 Å². The second-order valence-corrected chi connectivity index (χ2v) is 5.00. The van der Waals surface area contributed by atoms with Crippen LogP contribution in [0.1, 0.15) is 31.2 Å². The number of hydrogen-bond acceptors (Lipinski definition) is 4. The molecule has 0 aliphatic heterocycles. The van der Waals surface area contributed by atoms with Crippen LogP contribution in [0.4, 0.5) is 0 Å². The van der Waals surface area contributed by atoms with E-state index in [1.54, 1.807) is 0 Å². The van der Waals surface area contributed by atoms with Crippen LogP contribution >= 0.6 is 0 Å². The molecule has 0 amide bonds. The van der Waals surface area contributed by atoms with Gasteiger partial charge in [0, 0.05) is 13.2 Å². The van der Waals surface area contributed by atoms with Crippen LogP contribution in [0.15, 0.2) is 30.3 Å². The number of ether oxygens (including phenoxy) is 1. The van der Waals surface area contributed by atoms with Crippen LogP contribution in [0.2, 0.25) is 0 Å². The Balaban J connectivity index is 1.91. The number of unbranched alkanes of at least 4 members (excludes halogenated alkanes) is 3. The molecule has 0 fully saturated rings. The van der Waals surface area contributed by atoms with Crippen LogP contribution in [-0.2, 0) is 11.3 Å². The maximum atomic E-state index is 9.75. The quantitative estimate of drug-likeness (QED) is 0.510. The Kier molecular flexibility index (Phi) is 10.1. The lowest BCUT2D eigenvalue weighted by Gasteiger charge is -2.12. The number of hydrogen-bond donors (Lipinski definition) is 3. The second kappa shape index (κ2) is 11.9. The van der Waals surface area contributed by atoms with Crippen molar-refractivity contribution in [3.05, 3.63) is 35.9 Å². The SMILES string of the molecule is OCCCCCCNCC(O)COCc1ccccc1. The van der Waals surface area contributed by atoms with E-state index in [9.17, 15) is 5.11 Å². The summed E-state index contributed by atoms with van der Waals surface area (Å²) in [5, 5.41) is 21.6. The van der Waals surface area contributed by atoms with Crippen molar-refractivity contribution in [3.8, 4) is 0 Å². The minimum Gasteiger partial charge on any atom is -0.396 e. The molecular formula is C16H27NO3. The predicted octanol–water partition coefficient (Wildman–Crippen LogP) is 1.71. The van der Waals surface area contributed by atoms with Gasteiger partial charge in [0.15, 0.2) is 0 Å². The molecule has 0 heterocycles. The molecule has 0 bridgehead atoms. The molecule has 0 radical (unpaired) electrons. The Hall–Kier alpha value is -0.940. The first kappa shape index (κ1) is 17.1. The zero-order valence-corrected chi connectivity index (χ0v) is 12.1. The Morgan fingerprint density at radius 1 is 1.05 bits per heavy atom. The molecule has 1 aromatic carbocycles. The monoisotopic (exact) mass is 281 g/mol. The highest BCUT2D eigenvalue weighted by molar-refractivity contribution is 5.13. The van der Waals surface area contributed by atoms with E-state index in [1.165, 1.54) is 0 Å². The maximum Gasteiger partial charge on any atom is 0.0897 e. The van der Waals surface area contributed by atoms with Gasteiger partial charge in [-0.1, -0.05) is 43.2 Å². The molecule has 0 saturated heterocycles. The summed E-state index contributed by atoms with van der Waals surface area (Å²) in [6.45, 7) is 2.65. The first-order chi connectivity index (χ1) is 9.83. The first-order valence-corrected chi connectivity index (χ1v) is 7.44. The van der Waals surface area contributed by atoms with Crippen LogP contribution in [0.5, 0.6) is 0 Å². The number of rotatable bonds is 12. The average molecular weight is 281 g/mol. The minimum atomic E-state index is -0.462. The van der Waals surface area contributed by atoms with E-state index in [0.29, 0.717) is 19.8 Å². The first-order valence-electron chi connectivity index (χ1n) is 7.44. The van der Waals surface area contributed by atoms with E-state index >= 15 is 0 Å². The molecule has 114 valence electrons. The third-order valence-electron chi connectivity index (χ3n) is 3.06. The van der Waals surface area contributed by atoms with E-state index in [1.807, 2.05) is 30.3 Å². The van der Waals surface area contributed by atoms with Crippen molar-refractivity contribution in [2.24, 2.45) is 0 Å². The molecule has 0 saturated carbocycles. The van der Waals surface area contributed by atoms with Crippen LogP contribution < -0.4 is 5.32 Å². The Bertz CT molecular complexity index is 319. The van der Waals surface area contributed by atoms with Crippen molar-refractivity contribution >= 4 is 0 Å². The van der Waals surface area contributed by atoms with Gasteiger partial charge in [-0.15, -0.1) is 0 Å². The van der Waals surface area contributed by atoms with E-state index in [-0.39, 0.29) is 6.61 Å². The molecule has 0 aromatic heterocycles. The van der Waals surface area contributed by atoms with Crippen LogP contribution in [0.3, 0.4) is 0 Å². The molecular weight excluding hydrogens is 254 g/mol. The van der Waals surface area contributed by atoms with Gasteiger partial charge in [-0.3, -0.25) is 0 Å². The zero-order chi connectivity index (χ0) is 14.5. The molecule has 1 atom stereocenters. The molecule has 1 unspecified atom stereocenters. The highest BCUT2D eigenvalue weighted by Gasteiger charge is 2.03. The Morgan fingerprint density at radius 2 is 1.80 bits per heavy atom. The van der Waals surface area contributed by atoms with Crippen LogP contribution in [0.25, 0.3) is 0 Å². The predicted molar refractivity (Wildman–Crippen MR) is 80.5 cm³/mol. The molecule has 0 aliphatic rings. The average Bonchev–Trinajstić information content (AvgIpc) is 2.47. The third-order valence-corrected chi connectivity index (χ3v) is 3.06. The number of benzene rings is 1. The number of aliphatic hydroxyl groups is 2. The molecule has 3 N–H and O–H groups in total. The molecule has 0 aliphatic carbocycles. The van der Waals surface area contributed by atoms with E-state index < -0.39 is 6.10 Å². The van der Waals surface area contributed by atoms with Gasteiger partial charge in [-0.05, 0) is 24.9 Å². The van der Waals surface area contributed by atoms with Gasteiger partial charge in [0.25, 0.3) is 0 Å². The number of nitrogens with one attached hydrogen (secondary N) is 1. The smallest absolute Gasteiger partial charge is 0.0897 e. The van der Waals surface area contributed by atoms with Crippen LogP contribution in [0, 0.1) is 0 Å². The summed E-state index contributed by atoms with van der Waals surface area (Å²) in [6, 6.07) is 9.96. The fourth-order valence-corrected chi connectivity index (χ4v) is 1.93. The number of aliphatic hydroxyl groups excluding tert-OH is 2. The maximum absolute atomic E-state index is 9.75. The highest BCUT2D eigenvalue weighted by atomic mass is 16.5. The highest BCUT2D eigenvalue weighted by Crippen LogP contribution is 2.01. The lowest BCUT2D eigenvalue weighted by atomic mass is 10.2. The Labute approximate surface area is 121 Å². The van der Waals surface area contributed by atoms with Gasteiger partial charge in [-0.2, -0.15) is 0 Å². The molecule has 1 rings (SSSR count). The molecule has 0 spiro atoms. The largest absolute Gasteiger partial charge is 0.396 e. The van der Waals surface area contributed by atoms with Crippen molar-refractivity contribution < 1.29 is 14.9 Å². The van der Waals surface area contributed by atoms with Gasteiger partial charge >= 0.3 is 0 Å². The minimum absolute atomic E-state index is 0.283.